The second kappa shape index (κ2) is 8.11. The average Bonchev–Trinajstić information content (AvgIpc) is 2.84. The van der Waals surface area contributed by atoms with E-state index in [4.69, 9.17) is 0 Å². The minimum absolute atomic E-state index is 0.000469. The van der Waals surface area contributed by atoms with Gasteiger partial charge < -0.3 is 29.7 Å². The SMILES string of the molecule is CN1CCN(C(=O)C2Cc3cc(N([O-])O)ccc3N3CC4CC(Cn5c4cccc5=O)C23)CC1. The molecule has 6 rings (SSSR count). The van der Waals surface area contributed by atoms with Crippen molar-refractivity contribution < 1.29 is 10.0 Å². The molecule has 180 valence electrons. The van der Waals surface area contributed by atoms with Crippen LogP contribution in [0, 0.1) is 17.0 Å². The highest BCUT2D eigenvalue weighted by Gasteiger charge is 2.50. The normalized spacial score (nSPS) is 28.1. The smallest absolute Gasteiger partial charge is 0.250 e. The summed E-state index contributed by atoms with van der Waals surface area (Å²) in [6, 6.07) is 10.7. The van der Waals surface area contributed by atoms with Gasteiger partial charge in [0, 0.05) is 68.7 Å². The number of carbonyl (C=O) groups is 1. The van der Waals surface area contributed by atoms with Crippen molar-refractivity contribution in [3.05, 3.63) is 63.2 Å². The van der Waals surface area contributed by atoms with Crippen molar-refractivity contribution >= 4 is 17.3 Å². The van der Waals surface area contributed by atoms with Crippen molar-refractivity contribution in [3.63, 3.8) is 0 Å². The molecule has 1 amide bonds. The third-order valence-electron chi connectivity index (χ3n) is 8.34. The summed E-state index contributed by atoms with van der Waals surface area (Å²) in [7, 11) is 2.07. The van der Waals surface area contributed by atoms with Crippen molar-refractivity contribution in [1.29, 1.82) is 0 Å². The molecule has 2 bridgehead atoms. The summed E-state index contributed by atoms with van der Waals surface area (Å²) in [5, 5.41) is 20.9. The van der Waals surface area contributed by atoms with Crippen LogP contribution in [0.2, 0.25) is 0 Å². The van der Waals surface area contributed by atoms with Gasteiger partial charge in [0.2, 0.25) is 5.91 Å². The van der Waals surface area contributed by atoms with E-state index in [1.54, 1.807) is 18.2 Å². The van der Waals surface area contributed by atoms with Gasteiger partial charge in [-0.3, -0.25) is 14.8 Å². The zero-order valence-corrected chi connectivity index (χ0v) is 19.3. The Morgan fingerprint density at radius 1 is 1.12 bits per heavy atom. The molecule has 1 aromatic heterocycles. The van der Waals surface area contributed by atoms with Crippen LogP contribution in [0.4, 0.5) is 11.4 Å². The number of benzene rings is 1. The second-order valence-electron chi connectivity index (χ2n) is 10.3. The first-order valence-corrected chi connectivity index (χ1v) is 12.1. The largest absolute Gasteiger partial charge is 0.733 e. The van der Waals surface area contributed by atoms with Crippen LogP contribution in [0.1, 0.15) is 23.6 Å². The lowest BCUT2D eigenvalue weighted by atomic mass is 9.69. The fourth-order valence-electron chi connectivity index (χ4n) is 6.70. The van der Waals surface area contributed by atoms with E-state index >= 15 is 0 Å². The number of pyridine rings is 1. The molecule has 2 fully saturated rings. The fourth-order valence-corrected chi connectivity index (χ4v) is 6.70. The van der Waals surface area contributed by atoms with E-state index < -0.39 is 0 Å². The van der Waals surface area contributed by atoms with Crippen LogP contribution < -0.4 is 15.7 Å². The molecule has 0 aliphatic carbocycles. The number of rotatable bonds is 2. The van der Waals surface area contributed by atoms with Gasteiger partial charge in [-0.2, -0.15) is 0 Å². The van der Waals surface area contributed by atoms with E-state index in [0.717, 1.165) is 43.0 Å². The van der Waals surface area contributed by atoms with Crippen molar-refractivity contribution in [2.24, 2.45) is 11.8 Å². The predicted molar refractivity (Wildman–Crippen MR) is 128 cm³/mol. The Kier molecular flexibility index (Phi) is 5.16. The lowest BCUT2D eigenvalue weighted by molar-refractivity contribution is -0.139. The van der Waals surface area contributed by atoms with E-state index in [0.29, 0.717) is 26.1 Å². The number of carbonyl (C=O) groups excluding carboxylic acids is 1. The Labute approximate surface area is 198 Å². The van der Waals surface area contributed by atoms with Gasteiger partial charge in [0.1, 0.15) is 0 Å². The molecule has 2 aromatic rings. The third kappa shape index (κ3) is 3.41. The van der Waals surface area contributed by atoms with E-state index in [2.05, 4.69) is 16.8 Å². The molecule has 34 heavy (non-hydrogen) atoms. The fraction of sp³-hybridized carbons (Fsp3) is 0.520. The number of likely N-dealkylation sites (N-methyl/N-ethyl adjacent to an activating group) is 1. The summed E-state index contributed by atoms with van der Waals surface area (Å²) < 4.78 is 1.91. The van der Waals surface area contributed by atoms with Crippen molar-refractivity contribution in [2.45, 2.75) is 31.3 Å². The average molecular weight is 465 g/mol. The highest BCUT2D eigenvalue weighted by molar-refractivity contribution is 5.83. The molecule has 2 saturated heterocycles. The van der Waals surface area contributed by atoms with Gasteiger partial charge >= 0.3 is 0 Å². The topological polar surface area (TPSA) is 95.3 Å². The monoisotopic (exact) mass is 464 g/mol. The number of fused-ring (bicyclic) bond motifs is 8. The van der Waals surface area contributed by atoms with E-state index in [-0.39, 0.29) is 46.2 Å². The molecule has 1 aromatic carbocycles. The molecule has 0 saturated carbocycles. The Morgan fingerprint density at radius 2 is 1.91 bits per heavy atom. The van der Waals surface area contributed by atoms with Gasteiger partial charge in [0.15, 0.2) is 0 Å². The highest BCUT2D eigenvalue weighted by atomic mass is 16.8. The molecule has 9 heteroatoms. The van der Waals surface area contributed by atoms with Crippen LogP contribution in [-0.2, 0) is 17.8 Å². The maximum atomic E-state index is 13.9. The molecule has 4 unspecified atom stereocenters. The molecule has 4 aliphatic rings. The van der Waals surface area contributed by atoms with Gasteiger partial charge in [-0.1, -0.05) is 6.07 Å². The van der Waals surface area contributed by atoms with Crippen LogP contribution >= 0.6 is 0 Å². The lowest BCUT2D eigenvalue weighted by Crippen LogP contribution is -2.62. The van der Waals surface area contributed by atoms with Crippen LogP contribution in [0.5, 0.6) is 0 Å². The van der Waals surface area contributed by atoms with Crippen LogP contribution in [0.3, 0.4) is 0 Å². The van der Waals surface area contributed by atoms with Gasteiger partial charge in [0.25, 0.3) is 5.56 Å². The number of amides is 1. The quantitative estimate of drug-likeness (QED) is 0.673. The molecular formula is C25H30N5O4-. The number of nitrogens with zero attached hydrogens (tertiary/aromatic N) is 5. The van der Waals surface area contributed by atoms with Crippen molar-refractivity contribution in [2.75, 3.05) is 49.9 Å². The van der Waals surface area contributed by atoms with Gasteiger partial charge in [-0.15, -0.1) is 0 Å². The number of hydrogen-bond acceptors (Lipinski definition) is 7. The summed E-state index contributed by atoms with van der Waals surface area (Å²) in [6.45, 7) is 4.49. The van der Waals surface area contributed by atoms with Crippen LogP contribution in [-0.4, -0.2) is 71.3 Å². The Hall–Kier alpha value is -2.88. The molecule has 9 nitrogen and oxygen atoms in total. The van der Waals surface area contributed by atoms with E-state index in [9.17, 15) is 20.0 Å². The second-order valence-corrected chi connectivity index (χ2v) is 10.3. The first kappa shape index (κ1) is 21.6. The molecule has 4 atom stereocenters. The number of piperazine rings is 1. The number of piperidine rings is 1. The van der Waals surface area contributed by atoms with Gasteiger partial charge in [0.05, 0.1) is 11.6 Å². The van der Waals surface area contributed by atoms with Gasteiger partial charge in [-0.25, -0.2) is 0 Å². The summed E-state index contributed by atoms with van der Waals surface area (Å²) >= 11 is 0. The molecule has 0 radical (unpaired) electrons. The summed E-state index contributed by atoms with van der Waals surface area (Å²) in [4.78, 5) is 33.1. The number of anilines is 2. The van der Waals surface area contributed by atoms with Crippen LogP contribution in [0.15, 0.2) is 41.2 Å². The van der Waals surface area contributed by atoms with E-state index in [1.807, 2.05) is 27.7 Å². The molecule has 0 spiro atoms. The minimum atomic E-state index is -0.253. The first-order chi connectivity index (χ1) is 16.4. The lowest BCUT2D eigenvalue weighted by Gasteiger charge is -2.55. The standard InChI is InChI=1S/C25H30N5O4/c1-26-7-9-27(10-8-26)25(32)20-13-16-12-19(30(33)34)5-6-22(16)29-14-17-11-18(24(20)29)15-28-21(17)3-2-4-23(28)31/h2-6,12,17-18,20,24,33H,7-11,13-15H2,1H3/q-1. The molecule has 5 heterocycles. The Morgan fingerprint density at radius 3 is 2.68 bits per heavy atom. The zero-order valence-electron chi connectivity index (χ0n) is 19.3. The van der Waals surface area contributed by atoms with Crippen molar-refractivity contribution in [1.82, 2.24) is 14.4 Å². The number of aromatic nitrogens is 1. The van der Waals surface area contributed by atoms with Gasteiger partial charge in [-0.05, 0) is 55.6 Å². The summed E-state index contributed by atoms with van der Waals surface area (Å²) in [5.41, 5.74) is 3.22. The third-order valence-corrected chi connectivity index (χ3v) is 8.34. The van der Waals surface area contributed by atoms with Crippen LogP contribution in [0.25, 0.3) is 0 Å². The molecule has 4 aliphatic heterocycles. The minimum Gasteiger partial charge on any atom is -0.733 e. The predicted octanol–water partition coefficient (Wildman–Crippen LogP) is 1.48. The first-order valence-electron chi connectivity index (χ1n) is 12.1. The number of hydrogen-bond donors (Lipinski definition) is 1. The summed E-state index contributed by atoms with van der Waals surface area (Å²) in [5.74, 6) is 0.306. The maximum absolute atomic E-state index is 13.9. The highest BCUT2D eigenvalue weighted by Crippen LogP contribution is 2.48. The maximum Gasteiger partial charge on any atom is 0.250 e. The zero-order chi connectivity index (χ0) is 23.6. The Balaban J connectivity index is 1.42. The summed E-state index contributed by atoms with van der Waals surface area (Å²) in [6.07, 6.45) is 1.50. The molecule has 1 N–H and O–H groups in total. The van der Waals surface area contributed by atoms with E-state index in [1.165, 1.54) is 0 Å². The Bertz CT molecular complexity index is 1170. The van der Waals surface area contributed by atoms with Crippen molar-refractivity contribution in [3.8, 4) is 0 Å². The molecular weight excluding hydrogens is 434 g/mol.